The highest BCUT2D eigenvalue weighted by Crippen LogP contribution is 2.33. The number of amides is 1. The van der Waals surface area contributed by atoms with E-state index in [2.05, 4.69) is 32.0 Å². The number of likely N-dealkylation sites (tertiary alicyclic amines) is 1. The van der Waals surface area contributed by atoms with Gasteiger partial charge in [-0.3, -0.25) is 4.79 Å². The Hall–Kier alpha value is -3.81. The zero-order valence-corrected chi connectivity index (χ0v) is 19.3. The number of halogens is 3. The molecule has 10 heteroatoms. The second-order valence-electron chi connectivity index (χ2n) is 8.37. The van der Waals surface area contributed by atoms with Crippen LogP contribution in [0.15, 0.2) is 54.7 Å². The van der Waals surface area contributed by atoms with Crippen molar-refractivity contribution in [2.24, 2.45) is 0 Å². The molecule has 1 aromatic heterocycles. The summed E-state index contributed by atoms with van der Waals surface area (Å²) >= 11 is 0. The van der Waals surface area contributed by atoms with Gasteiger partial charge in [-0.25, -0.2) is 4.98 Å². The van der Waals surface area contributed by atoms with E-state index in [1.54, 1.807) is 36.4 Å². The van der Waals surface area contributed by atoms with Crippen LogP contribution < -0.4 is 10.1 Å². The third kappa shape index (κ3) is 6.87. The average molecular weight is 499 g/mol. The number of imidazole rings is 1. The summed E-state index contributed by atoms with van der Waals surface area (Å²) in [6.45, 7) is 2.58. The van der Waals surface area contributed by atoms with E-state index in [4.69, 9.17) is 4.74 Å². The van der Waals surface area contributed by atoms with E-state index in [9.17, 15) is 23.1 Å². The normalized spacial score (nSPS) is 15.8. The Kier molecular flexibility index (Phi) is 7.93. The van der Waals surface area contributed by atoms with Crippen LogP contribution in [0.4, 0.5) is 18.9 Å². The minimum Gasteiger partial charge on any atom is -0.491 e. The molecule has 7 nitrogen and oxygen atoms in total. The number of aromatic nitrogens is 2. The van der Waals surface area contributed by atoms with Gasteiger partial charge in [-0.15, -0.1) is 0 Å². The van der Waals surface area contributed by atoms with Gasteiger partial charge in [0.1, 0.15) is 17.3 Å². The lowest BCUT2D eigenvalue weighted by atomic mass is 10.1. The maximum atomic E-state index is 13.0. The van der Waals surface area contributed by atoms with Crippen LogP contribution >= 0.6 is 0 Å². The Labute approximate surface area is 206 Å². The van der Waals surface area contributed by atoms with Gasteiger partial charge in [0.15, 0.2) is 0 Å². The molecule has 2 aromatic carbocycles. The van der Waals surface area contributed by atoms with E-state index in [0.717, 1.165) is 25.7 Å². The number of hydrogen-bond donors (Lipinski definition) is 3. The summed E-state index contributed by atoms with van der Waals surface area (Å²) in [4.78, 5) is 20.7. The fourth-order valence-corrected chi connectivity index (χ4v) is 3.80. The first-order chi connectivity index (χ1) is 17.3. The summed E-state index contributed by atoms with van der Waals surface area (Å²) < 4.78 is 44.8. The number of β-amino-alcohol motifs (C(OH)–C–C–N with tert-alkyl or cyclic N) is 1. The number of alkyl halides is 3. The summed E-state index contributed by atoms with van der Waals surface area (Å²) in [7, 11) is 0. The average Bonchev–Trinajstić information content (AvgIpc) is 3.51. The number of hydrogen-bond acceptors (Lipinski definition) is 5. The van der Waals surface area contributed by atoms with Crippen LogP contribution in [0.5, 0.6) is 5.75 Å². The number of carbonyl (C=O) groups excluding carboxylic acids is 1. The van der Waals surface area contributed by atoms with Crippen molar-refractivity contribution in [3.8, 4) is 29.0 Å². The molecule has 188 valence electrons. The highest BCUT2D eigenvalue weighted by Gasteiger charge is 2.33. The number of benzene rings is 2. The number of rotatable bonds is 7. The van der Waals surface area contributed by atoms with Crippen LogP contribution in [-0.4, -0.2) is 58.2 Å². The van der Waals surface area contributed by atoms with Gasteiger partial charge >= 0.3 is 12.1 Å². The molecule has 1 atom stereocenters. The number of aliphatic hydroxyl groups excluding tert-OH is 1. The molecule has 0 spiro atoms. The molecule has 3 N–H and O–H groups in total. The first-order valence-corrected chi connectivity index (χ1v) is 11.5. The van der Waals surface area contributed by atoms with Gasteiger partial charge in [0, 0.05) is 36.7 Å². The largest absolute Gasteiger partial charge is 0.491 e. The second-order valence-corrected chi connectivity index (χ2v) is 8.37. The van der Waals surface area contributed by atoms with Crippen LogP contribution in [0.1, 0.15) is 24.1 Å². The number of anilines is 1. The SMILES string of the molecule is O=C(C#Cc1ccccc1)Nc1cc(-c2ncc(C(F)(F)F)[nH]2)ccc1OCCCN1CCC(O)C1. The van der Waals surface area contributed by atoms with Crippen LogP contribution in [0.3, 0.4) is 0 Å². The smallest absolute Gasteiger partial charge is 0.432 e. The Balaban J connectivity index is 1.49. The number of H-pyrrole nitrogens is 1. The van der Waals surface area contributed by atoms with Crippen LogP contribution in [-0.2, 0) is 11.0 Å². The van der Waals surface area contributed by atoms with Crippen LogP contribution in [0, 0.1) is 11.8 Å². The lowest BCUT2D eigenvalue weighted by molar-refractivity contribution is -0.140. The van der Waals surface area contributed by atoms with Crippen molar-refractivity contribution < 1.29 is 27.8 Å². The third-order valence-corrected chi connectivity index (χ3v) is 5.60. The standard InChI is InChI=1S/C26H25F3N4O3/c27-26(28,29)23-16-30-25(32-23)19-8-9-22(36-14-4-12-33-13-11-20(34)17-33)21(15-19)31-24(35)10-7-18-5-2-1-3-6-18/h1-3,5-6,8-9,15-16,20,34H,4,11-14,17H2,(H,30,32)(H,31,35). The molecule has 1 fully saturated rings. The van der Waals surface area contributed by atoms with Crippen molar-refractivity contribution in [1.82, 2.24) is 14.9 Å². The molecule has 1 aliphatic rings. The molecule has 0 saturated carbocycles. The number of nitrogens with zero attached hydrogens (tertiary/aromatic N) is 2. The Morgan fingerprint density at radius 1 is 1.25 bits per heavy atom. The number of nitrogens with one attached hydrogen (secondary N) is 2. The van der Waals surface area contributed by atoms with Crippen molar-refractivity contribution in [1.29, 1.82) is 0 Å². The van der Waals surface area contributed by atoms with Crippen molar-refractivity contribution in [2.45, 2.75) is 25.1 Å². The maximum Gasteiger partial charge on any atom is 0.432 e. The predicted octanol–water partition coefficient (Wildman–Crippen LogP) is 3.92. The van der Waals surface area contributed by atoms with Gasteiger partial charge < -0.3 is 25.0 Å². The minimum atomic E-state index is -4.55. The first-order valence-electron chi connectivity index (χ1n) is 11.5. The zero-order chi connectivity index (χ0) is 25.5. The predicted molar refractivity (Wildman–Crippen MR) is 128 cm³/mol. The maximum absolute atomic E-state index is 13.0. The zero-order valence-electron chi connectivity index (χ0n) is 19.3. The van der Waals surface area contributed by atoms with Crippen molar-refractivity contribution >= 4 is 11.6 Å². The van der Waals surface area contributed by atoms with Gasteiger partial charge in [0.05, 0.1) is 24.6 Å². The lowest BCUT2D eigenvalue weighted by Gasteiger charge is -2.16. The van der Waals surface area contributed by atoms with E-state index in [1.165, 1.54) is 6.07 Å². The molecule has 1 saturated heterocycles. The molecular formula is C26H25F3N4O3. The van der Waals surface area contributed by atoms with E-state index in [-0.39, 0.29) is 17.6 Å². The molecular weight excluding hydrogens is 473 g/mol. The molecule has 2 heterocycles. The summed E-state index contributed by atoms with van der Waals surface area (Å²) in [6.07, 6.45) is -2.67. The Morgan fingerprint density at radius 3 is 2.75 bits per heavy atom. The fourth-order valence-electron chi connectivity index (χ4n) is 3.80. The lowest BCUT2D eigenvalue weighted by Crippen LogP contribution is -2.24. The topological polar surface area (TPSA) is 90.5 Å². The molecule has 1 aliphatic heterocycles. The second kappa shape index (κ2) is 11.3. The molecule has 0 radical (unpaired) electrons. The van der Waals surface area contributed by atoms with Crippen molar-refractivity contribution in [3.05, 3.63) is 66.0 Å². The molecule has 0 aliphatic carbocycles. The molecule has 1 unspecified atom stereocenters. The van der Waals surface area contributed by atoms with E-state index in [0.29, 0.717) is 36.4 Å². The number of carbonyl (C=O) groups is 1. The summed E-state index contributed by atoms with van der Waals surface area (Å²) in [6, 6.07) is 13.6. The monoisotopic (exact) mass is 498 g/mol. The highest BCUT2D eigenvalue weighted by molar-refractivity contribution is 6.05. The van der Waals surface area contributed by atoms with Gasteiger partial charge in [-0.05, 0) is 43.2 Å². The molecule has 1 amide bonds. The van der Waals surface area contributed by atoms with Crippen LogP contribution in [0.25, 0.3) is 11.4 Å². The van der Waals surface area contributed by atoms with Gasteiger partial charge in [-0.2, -0.15) is 13.2 Å². The molecule has 3 aromatic rings. The van der Waals surface area contributed by atoms with E-state index in [1.807, 2.05) is 6.07 Å². The number of aromatic amines is 1. The summed E-state index contributed by atoms with van der Waals surface area (Å²) in [5.41, 5.74) is 0.306. The Bertz CT molecular complexity index is 1250. The molecule has 0 bridgehead atoms. The molecule has 4 rings (SSSR count). The van der Waals surface area contributed by atoms with E-state index < -0.39 is 17.8 Å². The fraction of sp³-hybridized carbons (Fsp3) is 0.308. The number of ether oxygens (including phenoxy) is 1. The number of aliphatic hydroxyl groups is 1. The Morgan fingerprint density at radius 2 is 2.06 bits per heavy atom. The van der Waals surface area contributed by atoms with Gasteiger partial charge in [0.25, 0.3) is 0 Å². The quantitative estimate of drug-likeness (QED) is 0.339. The highest BCUT2D eigenvalue weighted by atomic mass is 19.4. The van der Waals surface area contributed by atoms with E-state index >= 15 is 0 Å². The molecule has 36 heavy (non-hydrogen) atoms. The van der Waals surface area contributed by atoms with Crippen LogP contribution in [0.2, 0.25) is 0 Å². The summed E-state index contributed by atoms with van der Waals surface area (Å²) in [5.74, 6) is 5.04. The van der Waals surface area contributed by atoms with Crippen molar-refractivity contribution in [3.63, 3.8) is 0 Å². The van der Waals surface area contributed by atoms with Gasteiger partial charge in [0.2, 0.25) is 0 Å². The first kappa shape index (κ1) is 25.3. The summed E-state index contributed by atoms with van der Waals surface area (Å²) in [5, 5.41) is 12.3. The van der Waals surface area contributed by atoms with Crippen molar-refractivity contribution in [2.75, 3.05) is 31.6 Å². The minimum absolute atomic E-state index is 0.00679. The van der Waals surface area contributed by atoms with Gasteiger partial charge in [-0.1, -0.05) is 24.1 Å². The third-order valence-electron chi connectivity index (χ3n) is 5.60.